The highest BCUT2D eigenvalue weighted by atomic mass is 15.2. The molecule has 0 amide bonds. The first kappa shape index (κ1) is 9.47. The quantitative estimate of drug-likeness (QED) is 0.651. The van der Waals surface area contributed by atoms with E-state index in [2.05, 4.69) is 16.7 Å². The van der Waals surface area contributed by atoms with Crippen molar-refractivity contribution in [1.29, 1.82) is 0 Å². The van der Waals surface area contributed by atoms with Crippen molar-refractivity contribution in [2.24, 2.45) is 5.92 Å². The number of piperidine rings is 1. The Hall–Kier alpha value is -0.0800. The average Bonchev–Trinajstić information content (AvgIpc) is 2.05. The number of hydrogen-bond acceptors (Lipinski definition) is 2. The first-order valence-corrected chi connectivity index (χ1v) is 5.79. The van der Waals surface area contributed by atoms with Crippen LogP contribution in [-0.2, 0) is 0 Å². The van der Waals surface area contributed by atoms with E-state index in [0.717, 1.165) is 5.92 Å². The zero-order valence-electron chi connectivity index (χ0n) is 8.84. The maximum Gasteiger partial charge on any atom is 0.0109 e. The summed E-state index contributed by atoms with van der Waals surface area (Å²) >= 11 is 0. The highest BCUT2D eigenvalue weighted by Gasteiger charge is 2.18. The van der Waals surface area contributed by atoms with Crippen LogP contribution in [0, 0.1) is 5.92 Å². The highest BCUT2D eigenvalue weighted by molar-refractivity contribution is 4.73. The van der Waals surface area contributed by atoms with Crippen LogP contribution in [0.1, 0.15) is 26.2 Å². The fourth-order valence-corrected chi connectivity index (χ4v) is 2.17. The molecule has 0 aromatic heterocycles. The summed E-state index contributed by atoms with van der Waals surface area (Å²) in [4.78, 5) is 5.20. The third-order valence-corrected chi connectivity index (χ3v) is 3.56. The van der Waals surface area contributed by atoms with Crippen molar-refractivity contribution in [2.75, 3.05) is 39.3 Å². The minimum absolute atomic E-state index is 0.972. The molecule has 0 radical (unpaired) electrons. The lowest BCUT2D eigenvalue weighted by Gasteiger charge is -2.35. The van der Waals surface area contributed by atoms with Crippen molar-refractivity contribution in [3.8, 4) is 0 Å². The van der Waals surface area contributed by atoms with Gasteiger partial charge in [-0.25, -0.2) is 0 Å². The molecule has 2 aliphatic heterocycles. The zero-order valence-corrected chi connectivity index (χ0v) is 8.84. The highest BCUT2D eigenvalue weighted by Crippen LogP contribution is 2.16. The first-order chi connectivity index (χ1) is 6.34. The summed E-state index contributed by atoms with van der Waals surface area (Å²) in [7, 11) is 0. The summed E-state index contributed by atoms with van der Waals surface area (Å²) < 4.78 is 0. The number of rotatable bonds is 3. The third kappa shape index (κ3) is 2.68. The average molecular weight is 182 g/mol. The number of hydrogen-bond donors (Lipinski definition) is 0. The van der Waals surface area contributed by atoms with Gasteiger partial charge in [0.1, 0.15) is 0 Å². The van der Waals surface area contributed by atoms with Gasteiger partial charge in [0.2, 0.25) is 0 Å². The van der Waals surface area contributed by atoms with Gasteiger partial charge in [-0.1, -0.05) is 6.92 Å². The SMILES string of the molecule is CC1CCN(CCN2CCC2)CC1. The van der Waals surface area contributed by atoms with Crippen LogP contribution >= 0.6 is 0 Å². The molecule has 0 aromatic rings. The molecule has 13 heavy (non-hydrogen) atoms. The van der Waals surface area contributed by atoms with Crippen molar-refractivity contribution in [3.05, 3.63) is 0 Å². The molecule has 0 saturated carbocycles. The van der Waals surface area contributed by atoms with Gasteiger partial charge in [0.05, 0.1) is 0 Å². The molecule has 0 aromatic carbocycles. The molecule has 2 aliphatic rings. The van der Waals surface area contributed by atoms with Crippen LogP contribution in [0.15, 0.2) is 0 Å². The minimum atomic E-state index is 0.972. The van der Waals surface area contributed by atoms with Crippen LogP contribution in [0.3, 0.4) is 0 Å². The summed E-state index contributed by atoms with van der Waals surface area (Å²) in [6.07, 6.45) is 4.26. The second-order valence-electron chi connectivity index (χ2n) is 4.72. The second kappa shape index (κ2) is 4.43. The fourth-order valence-electron chi connectivity index (χ4n) is 2.17. The van der Waals surface area contributed by atoms with Gasteiger partial charge in [0.25, 0.3) is 0 Å². The van der Waals surface area contributed by atoms with E-state index in [1.165, 1.54) is 58.5 Å². The first-order valence-electron chi connectivity index (χ1n) is 5.79. The molecule has 0 N–H and O–H groups in total. The molecule has 2 saturated heterocycles. The van der Waals surface area contributed by atoms with Gasteiger partial charge in [0, 0.05) is 13.1 Å². The van der Waals surface area contributed by atoms with E-state index in [0.29, 0.717) is 0 Å². The Morgan fingerprint density at radius 1 is 0.923 bits per heavy atom. The summed E-state index contributed by atoms with van der Waals surface area (Å²) in [5, 5.41) is 0. The van der Waals surface area contributed by atoms with Crippen LogP contribution in [-0.4, -0.2) is 49.1 Å². The topological polar surface area (TPSA) is 6.48 Å². The van der Waals surface area contributed by atoms with E-state index in [4.69, 9.17) is 0 Å². The van der Waals surface area contributed by atoms with Crippen molar-refractivity contribution in [2.45, 2.75) is 26.2 Å². The molecular weight excluding hydrogens is 160 g/mol. The summed E-state index contributed by atoms with van der Waals surface area (Å²) in [5.41, 5.74) is 0. The van der Waals surface area contributed by atoms with Crippen LogP contribution in [0.5, 0.6) is 0 Å². The second-order valence-corrected chi connectivity index (χ2v) is 4.72. The molecule has 0 atom stereocenters. The standard InChI is InChI=1S/C11H22N2/c1-11-3-7-13(8-4-11)10-9-12-5-2-6-12/h11H,2-10H2,1H3. The lowest BCUT2D eigenvalue weighted by Crippen LogP contribution is -2.44. The fraction of sp³-hybridized carbons (Fsp3) is 1.00. The Kier molecular flexibility index (Phi) is 3.23. The van der Waals surface area contributed by atoms with Gasteiger partial charge >= 0.3 is 0 Å². The van der Waals surface area contributed by atoms with Gasteiger partial charge in [-0.05, 0) is 51.4 Å². The monoisotopic (exact) mass is 182 g/mol. The molecule has 0 unspecified atom stereocenters. The van der Waals surface area contributed by atoms with E-state index in [9.17, 15) is 0 Å². The third-order valence-electron chi connectivity index (χ3n) is 3.56. The maximum atomic E-state index is 2.64. The molecule has 2 fully saturated rings. The minimum Gasteiger partial charge on any atom is -0.302 e. The van der Waals surface area contributed by atoms with Gasteiger partial charge in [-0.3, -0.25) is 0 Å². The van der Waals surface area contributed by atoms with Gasteiger partial charge in [-0.15, -0.1) is 0 Å². The molecule has 2 heterocycles. The van der Waals surface area contributed by atoms with Crippen molar-refractivity contribution in [3.63, 3.8) is 0 Å². The molecule has 2 rings (SSSR count). The smallest absolute Gasteiger partial charge is 0.0109 e. The van der Waals surface area contributed by atoms with E-state index in [-0.39, 0.29) is 0 Å². The molecule has 76 valence electrons. The molecule has 0 bridgehead atoms. The Balaban J connectivity index is 1.59. The maximum absolute atomic E-state index is 2.64. The predicted molar refractivity (Wildman–Crippen MR) is 55.9 cm³/mol. The van der Waals surface area contributed by atoms with Crippen LogP contribution in [0.2, 0.25) is 0 Å². The number of likely N-dealkylation sites (tertiary alicyclic amines) is 2. The number of nitrogens with zero attached hydrogens (tertiary/aromatic N) is 2. The zero-order chi connectivity index (χ0) is 9.10. The van der Waals surface area contributed by atoms with E-state index in [1.54, 1.807) is 0 Å². The summed E-state index contributed by atoms with van der Waals surface area (Å²) in [6.45, 7) is 10.4. The molecule has 2 nitrogen and oxygen atoms in total. The Labute approximate surface area is 81.9 Å². The van der Waals surface area contributed by atoms with Gasteiger partial charge < -0.3 is 9.80 Å². The Morgan fingerprint density at radius 3 is 1.92 bits per heavy atom. The van der Waals surface area contributed by atoms with Crippen LogP contribution < -0.4 is 0 Å². The Morgan fingerprint density at radius 2 is 1.46 bits per heavy atom. The van der Waals surface area contributed by atoms with E-state index >= 15 is 0 Å². The predicted octanol–water partition coefficient (Wildman–Crippen LogP) is 1.42. The van der Waals surface area contributed by atoms with Crippen LogP contribution in [0.4, 0.5) is 0 Å². The van der Waals surface area contributed by atoms with Crippen molar-refractivity contribution < 1.29 is 0 Å². The van der Waals surface area contributed by atoms with Crippen molar-refractivity contribution >= 4 is 0 Å². The normalized spacial score (nSPS) is 27.5. The summed E-state index contributed by atoms with van der Waals surface area (Å²) in [6, 6.07) is 0. The van der Waals surface area contributed by atoms with Crippen molar-refractivity contribution in [1.82, 2.24) is 9.80 Å². The molecule has 0 aliphatic carbocycles. The van der Waals surface area contributed by atoms with E-state index < -0.39 is 0 Å². The van der Waals surface area contributed by atoms with Gasteiger partial charge in [0.15, 0.2) is 0 Å². The largest absolute Gasteiger partial charge is 0.302 e. The van der Waals surface area contributed by atoms with Gasteiger partial charge in [-0.2, -0.15) is 0 Å². The van der Waals surface area contributed by atoms with E-state index in [1.807, 2.05) is 0 Å². The molecule has 0 spiro atoms. The Bertz CT molecular complexity index is 146. The molecular formula is C11H22N2. The van der Waals surface area contributed by atoms with Crippen LogP contribution in [0.25, 0.3) is 0 Å². The lowest BCUT2D eigenvalue weighted by atomic mass is 9.99. The lowest BCUT2D eigenvalue weighted by molar-refractivity contribution is 0.128. The summed E-state index contributed by atoms with van der Waals surface area (Å²) in [5.74, 6) is 0.972. The molecule has 2 heteroatoms.